The number of hydrogen-bond donors (Lipinski definition) is 1. The van der Waals surface area contributed by atoms with Gasteiger partial charge in [0, 0.05) is 37.7 Å². The summed E-state index contributed by atoms with van der Waals surface area (Å²) in [6.07, 6.45) is 6.18. The molecule has 1 heterocycles. The lowest BCUT2D eigenvalue weighted by Crippen LogP contribution is -2.37. The van der Waals surface area contributed by atoms with Crippen molar-refractivity contribution in [1.29, 1.82) is 0 Å². The minimum atomic E-state index is 0.106. The molecule has 1 saturated heterocycles. The number of rotatable bonds is 9. The number of amides is 1. The fraction of sp³-hybridized carbons (Fsp3) is 0.591. The van der Waals surface area contributed by atoms with E-state index >= 15 is 0 Å². The van der Waals surface area contributed by atoms with Crippen molar-refractivity contribution in [2.24, 2.45) is 5.92 Å². The largest absolute Gasteiger partial charge is 0.497 e. The van der Waals surface area contributed by atoms with Gasteiger partial charge in [0.1, 0.15) is 11.5 Å². The quantitative estimate of drug-likeness (QED) is 0.669. The number of piperidine rings is 1. The van der Waals surface area contributed by atoms with E-state index in [1.165, 1.54) is 25.0 Å². The summed E-state index contributed by atoms with van der Waals surface area (Å²) in [6.45, 7) is 8.08. The van der Waals surface area contributed by atoms with E-state index < -0.39 is 0 Å². The highest BCUT2D eigenvalue weighted by Gasteiger charge is 2.20. The summed E-state index contributed by atoms with van der Waals surface area (Å²) in [7, 11) is 3.26. The molecule has 0 aromatic heterocycles. The zero-order valence-electron chi connectivity index (χ0n) is 17.2. The van der Waals surface area contributed by atoms with Crippen molar-refractivity contribution in [3.63, 3.8) is 0 Å². The molecule has 1 N–H and O–H groups in total. The van der Waals surface area contributed by atoms with E-state index in [1.807, 2.05) is 18.2 Å². The molecule has 27 heavy (non-hydrogen) atoms. The van der Waals surface area contributed by atoms with Crippen LogP contribution in [0.25, 0.3) is 0 Å². The second kappa shape index (κ2) is 11.0. The van der Waals surface area contributed by atoms with Crippen LogP contribution in [0.15, 0.2) is 29.8 Å². The van der Waals surface area contributed by atoms with E-state index in [0.717, 1.165) is 36.6 Å². The predicted molar refractivity (Wildman–Crippen MR) is 109 cm³/mol. The molecule has 1 aromatic carbocycles. The second-order valence-corrected chi connectivity index (χ2v) is 7.37. The van der Waals surface area contributed by atoms with Crippen molar-refractivity contribution in [2.45, 2.75) is 46.1 Å². The maximum atomic E-state index is 12.3. The second-order valence-electron chi connectivity index (χ2n) is 7.37. The Labute approximate surface area is 163 Å². The Morgan fingerprint density at radius 1 is 1.33 bits per heavy atom. The van der Waals surface area contributed by atoms with E-state index in [0.29, 0.717) is 18.9 Å². The van der Waals surface area contributed by atoms with Crippen LogP contribution in [0.4, 0.5) is 0 Å². The third-order valence-electron chi connectivity index (χ3n) is 5.32. The summed E-state index contributed by atoms with van der Waals surface area (Å²) in [5.41, 5.74) is 2.37. The minimum Gasteiger partial charge on any atom is -0.497 e. The lowest BCUT2D eigenvalue weighted by Gasteiger charge is -2.32. The highest BCUT2D eigenvalue weighted by atomic mass is 16.5. The van der Waals surface area contributed by atoms with E-state index in [9.17, 15) is 4.79 Å². The van der Waals surface area contributed by atoms with Crippen molar-refractivity contribution in [3.8, 4) is 11.5 Å². The van der Waals surface area contributed by atoms with E-state index in [1.54, 1.807) is 14.2 Å². The Morgan fingerprint density at radius 3 is 2.85 bits per heavy atom. The van der Waals surface area contributed by atoms with Crippen LogP contribution in [0, 0.1) is 5.92 Å². The van der Waals surface area contributed by atoms with Crippen LogP contribution in [-0.4, -0.2) is 44.7 Å². The molecule has 1 atom stereocenters. The summed E-state index contributed by atoms with van der Waals surface area (Å²) >= 11 is 0. The maximum Gasteiger partial charge on any atom is 0.220 e. The average Bonchev–Trinajstić information content (AvgIpc) is 2.70. The van der Waals surface area contributed by atoms with Crippen LogP contribution in [0.2, 0.25) is 0 Å². The predicted octanol–water partition coefficient (Wildman–Crippen LogP) is 3.78. The molecular formula is C22H34N2O3. The van der Waals surface area contributed by atoms with Gasteiger partial charge in [-0.05, 0) is 57.7 Å². The first-order valence-electron chi connectivity index (χ1n) is 9.87. The first-order valence-corrected chi connectivity index (χ1v) is 9.87. The van der Waals surface area contributed by atoms with Gasteiger partial charge in [-0.1, -0.05) is 11.6 Å². The van der Waals surface area contributed by atoms with Gasteiger partial charge in [-0.15, -0.1) is 0 Å². The van der Waals surface area contributed by atoms with Gasteiger partial charge in [0.25, 0.3) is 0 Å². The molecule has 0 radical (unpaired) electrons. The lowest BCUT2D eigenvalue weighted by molar-refractivity contribution is -0.121. The number of nitrogens with one attached hydrogen (secondary N) is 1. The van der Waals surface area contributed by atoms with E-state index in [-0.39, 0.29) is 5.91 Å². The van der Waals surface area contributed by atoms with Crippen molar-refractivity contribution >= 4 is 5.91 Å². The third-order valence-corrected chi connectivity index (χ3v) is 5.32. The first kappa shape index (κ1) is 21.3. The van der Waals surface area contributed by atoms with Crippen molar-refractivity contribution in [1.82, 2.24) is 10.2 Å². The monoisotopic (exact) mass is 374 g/mol. The molecule has 1 aromatic rings. The molecule has 1 unspecified atom stereocenters. The van der Waals surface area contributed by atoms with Gasteiger partial charge in [0.15, 0.2) is 0 Å². The number of nitrogens with zero attached hydrogens (tertiary/aromatic N) is 1. The molecule has 0 bridgehead atoms. The topological polar surface area (TPSA) is 50.8 Å². The zero-order chi connectivity index (χ0) is 19.6. The third kappa shape index (κ3) is 6.90. The molecule has 1 fully saturated rings. The SMILES string of the molecule is CC=C(C)CN1CCCC(CCC(=O)NCc2ccc(OC)cc2OC)C1. The Kier molecular flexibility index (Phi) is 8.65. The number of methoxy groups -OCH3 is 2. The Balaban J connectivity index is 1.76. The number of ether oxygens (including phenoxy) is 2. The van der Waals surface area contributed by atoms with Gasteiger partial charge in [-0.2, -0.15) is 0 Å². The van der Waals surface area contributed by atoms with Crippen LogP contribution in [0.1, 0.15) is 45.1 Å². The Bertz CT molecular complexity index is 642. The molecule has 2 rings (SSSR count). The summed E-state index contributed by atoms with van der Waals surface area (Å²) in [6, 6.07) is 5.65. The van der Waals surface area contributed by atoms with Crippen LogP contribution >= 0.6 is 0 Å². The van der Waals surface area contributed by atoms with E-state index in [2.05, 4.69) is 30.1 Å². The summed E-state index contributed by atoms with van der Waals surface area (Å²) in [5.74, 6) is 2.20. The summed E-state index contributed by atoms with van der Waals surface area (Å²) < 4.78 is 10.6. The molecule has 0 spiro atoms. The number of likely N-dealkylation sites (tertiary alicyclic amines) is 1. The molecule has 150 valence electrons. The van der Waals surface area contributed by atoms with Crippen molar-refractivity contribution in [2.75, 3.05) is 33.9 Å². The number of hydrogen-bond acceptors (Lipinski definition) is 4. The number of carbonyl (C=O) groups is 1. The number of allylic oxidation sites excluding steroid dienone is 1. The van der Waals surface area contributed by atoms with Gasteiger partial charge in [0.05, 0.1) is 14.2 Å². The molecular weight excluding hydrogens is 340 g/mol. The summed E-state index contributed by atoms with van der Waals surface area (Å²) in [5, 5.41) is 3.02. The molecule has 0 aliphatic carbocycles. The molecule has 1 aliphatic heterocycles. The fourth-order valence-electron chi connectivity index (χ4n) is 3.59. The standard InChI is InChI=1S/C22H34N2O3/c1-5-17(2)15-24-12-6-7-18(16-24)8-11-22(25)23-14-19-9-10-20(26-3)13-21(19)27-4/h5,9-10,13,18H,6-8,11-12,14-16H2,1-4H3,(H,23,25). The van der Waals surface area contributed by atoms with Gasteiger partial charge < -0.3 is 14.8 Å². The van der Waals surface area contributed by atoms with Crippen LogP contribution in [0.5, 0.6) is 11.5 Å². The van der Waals surface area contributed by atoms with Crippen LogP contribution in [0.3, 0.4) is 0 Å². The van der Waals surface area contributed by atoms with E-state index in [4.69, 9.17) is 9.47 Å². The van der Waals surface area contributed by atoms with Gasteiger partial charge >= 0.3 is 0 Å². The fourth-order valence-corrected chi connectivity index (χ4v) is 3.59. The van der Waals surface area contributed by atoms with Crippen molar-refractivity contribution < 1.29 is 14.3 Å². The van der Waals surface area contributed by atoms with Crippen molar-refractivity contribution in [3.05, 3.63) is 35.4 Å². The van der Waals surface area contributed by atoms with Gasteiger partial charge in [0.2, 0.25) is 5.91 Å². The Morgan fingerprint density at radius 2 is 2.15 bits per heavy atom. The molecule has 0 saturated carbocycles. The smallest absolute Gasteiger partial charge is 0.220 e. The maximum absolute atomic E-state index is 12.3. The number of benzene rings is 1. The van der Waals surface area contributed by atoms with Gasteiger partial charge in [-0.25, -0.2) is 0 Å². The summed E-state index contributed by atoms with van der Waals surface area (Å²) in [4.78, 5) is 14.8. The molecule has 1 amide bonds. The highest BCUT2D eigenvalue weighted by molar-refractivity contribution is 5.75. The lowest BCUT2D eigenvalue weighted by atomic mass is 9.93. The number of carbonyl (C=O) groups excluding carboxylic acids is 1. The van der Waals surface area contributed by atoms with Crippen LogP contribution < -0.4 is 14.8 Å². The molecule has 1 aliphatic rings. The van der Waals surface area contributed by atoms with Gasteiger partial charge in [-0.3, -0.25) is 9.69 Å². The minimum absolute atomic E-state index is 0.106. The molecule has 5 nitrogen and oxygen atoms in total. The first-order chi connectivity index (χ1) is 13.0. The zero-order valence-corrected chi connectivity index (χ0v) is 17.2. The highest BCUT2D eigenvalue weighted by Crippen LogP contribution is 2.25. The molecule has 5 heteroatoms. The van der Waals surface area contributed by atoms with Crippen LogP contribution in [-0.2, 0) is 11.3 Å². The Hall–Kier alpha value is -2.01. The normalized spacial score (nSPS) is 18.2. The average molecular weight is 375 g/mol.